The van der Waals surface area contributed by atoms with Gasteiger partial charge in [0.15, 0.2) is 0 Å². The molecule has 0 atom stereocenters. The second-order valence-corrected chi connectivity index (χ2v) is 6.10. The number of alkyl halides is 1. The summed E-state index contributed by atoms with van der Waals surface area (Å²) in [6, 6.07) is 2.04. The molecule has 1 spiro atoms. The van der Waals surface area contributed by atoms with E-state index >= 15 is 0 Å². The minimum absolute atomic E-state index is 0.583. The van der Waals surface area contributed by atoms with Crippen LogP contribution in [0.3, 0.4) is 0 Å². The molecule has 18 heavy (non-hydrogen) atoms. The van der Waals surface area contributed by atoms with Gasteiger partial charge in [-0.25, -0.2) is 0 Å². The average molecular weight is 265 g/mol. The highest BCUT2D eigenvalue weighted by molar-refractivity contribution is 6.17. The summed E-state index contributed by atoms with van der Waals surface area (Å²) in [7, 11) is 0. The van der Waals surface area contributed by atoms with Crippen LogP contribution in [-0.4, -0.2) is 18.1 Å². The van der Waals surface area contributed by atoms with Crippen molar-refractivity contribution in [1.29, 1.82) is 0 Å². The summed E-state index contributed by atoms with van der Waals surface area (Å²) in [6.07, 6.45) is 12.3. The Morgan fingerprint density at radius 2 is 1.89 bits per heavy atom. The van der Waals surface area contributed by atoms with Crippen LogP contribution < -0.4 is 4.90 Å². The average Bonchev–Trinajstić information content (AvgIpc) is 2.88. The van der Waals surface area contributed by atoms with Crippen LogP contribution in [0.4, 0.5) is 5.69 Å². The highest BCUT2D eigenvalue weighted by Gasteiger charge is 2.37. The molecule has 1 saturated carbocycles. The van der Waals surface area contributed by atoms with Crippen LogP contribution in [0.2, 0.25) is 0 Å². The van der Waals surface area contributed by atoms with Gasteiger partial charge < -0.3 is 4.90 Å². The molecular weight excluding hydrogens is 244 g/mol. The van der Waals surface area contributed by atoms with Crippen molar-refractivity contribution in [2.45, 2.75) is 44.4 Å². The van der Waals surface area contributed by atoms with Crippen molar-refractivity contribution in [3.8, 4) is 0 Å². The zero-order valence-electron chi connectivity index (χ0n) is 10.9. The van der Waals surface area contributed by atoms with Gasteiger partial charge in [-0.2, -0.15) is 0 Å². The van der Waals surface area contributed by atoms with E-state index < -0.39 is 0 Å². The lowest BCUT2D eigenvalue weighted by Crippen LogP contribution is -2.39. The fourth-order valence-electron chi connectivity index (χ4n) is 3.66. The van der Waals surface area contributed by atoms with Crippen LogP contribution in [0, 0.1) is 5.41 Å². The zero-order chi connectivity index (χ0) is 12.4. The molecule has 1 aliphatic heterocycles. The highest BCUT2D eigenvalue weighted by Crippen LogP contribution is 2.46. The number of nitrogens with zero attached hydrogens (tertiary/aromatic N) is 2. The predicted octanol–water partition coefficient (Wildman–Crippen LogP) is 3.98. The van der Waals surface area contributed by atoms with Gasteiger partial charge in [-0.3, -0.25) is 4.98 Å². The van der Waals surface area contributed by atoms with Gasteiger partial charge in [-0.05, 0) is 42.7 Å². The molecule has 98 valence electrons. The molecule has 3 rings (SSSR count). The fourth-order valence-corrected chi connectivity index (χ4v) is 3.89. The lowest BCUT2D eigenvalue weighted by Gasteiger charge is -2.40. The van der Waals surface area contributed by atoms with E-state index in [4.69, 9.17) is 11.6 Å². The molecule has 3 heteroatoms. The Balaban J connectivity index is 1.72. The minimum atomic E-state index is 0.583. The number of pyridine rings is 1. The molecule has 2 aliphatic rings. The molecule has 1 aliphatic carbocycles. The summed E-state index contributed by atoms with van der Waals surface area (Å²) in [6.45, 7) is 2.35. The number of halogens is 1. The largest absolute Gasteiger partial charge is 0.370 e. The quantitative estimate of drug-likeness (QED) is 0.751. The molecule has 0 N–H and O–H groups in total. The highest BCUT2D eigenvalue weighted by atomic mass is 35.5. The summed E-state index contributed by atoms with van der Waals surface area (Å²) in [5, 5.41) is 0. The van der Waals surface area contributed by atoms with Gasteiger partial charge in [0.2, 0.25) is 0 Å². The molecule has 2 nitrogen and oxygen atoms in total. The van der Waals surface area contributed by atoms with Crippen molar-refractivity contribution in [3.05, 3.63) is 24.0 Å². The summed E-state index contributed by atoms with van der Waals surface area (Å²) in [5.74, 6) is 0.583. The van der Waals surface area contributed by atoms with E-state index in [0.29, 0.717) is 11.3 Å². The summed E-state index contributed by atoms with van der Waals surface area (Å²) in [5.41, 5.74) is 3.15. The van der Waals surface area contributed by atoms with E-state index in [9.17, 15) is 0 Å². The van der Waals surface area contributed by atoms with Crippen molar-refractivity contribution in [2.75, 3.05) is 18.0 Å². The standard InChI is InChI=1S/C15H21ClN2/c16-11-13-3-8-17-12-14(13)18-9-6-15(7-10-18)4-1-2-5-15/h3,8,12H,1-2,4-7,9-11H2. The molecule has 0 amide bonds. The van der Waals surface area contributed by atoms with Crippen LogP contribution in [0.15, 0.2) is 18.5 Å². The Labute approximate surface area is 114 Å². The Morgan fingerprint density at radius 3 is 2.56 bits per heavy atom. The molecule has 0 radical (unpaired) electrons. The molecule has 0 unspecified atom stereocenters. The first-order chi connectivity index (χ1) is 8.83. The van der Waals surface area contributed by atoms with E-state index in [1.54, 1.807) is 0 Å². The van der Waals surface area contributed by atoms with Gasteiger partial charge >= 0.3 is 0 Å². The number of hydrogen-bond acceptors (Lipinski definition) is 2. The molecule has 1 aromatic heterocycles. The number of anilines is 1. The first-order valence-electron chi connectivity index (χ1n) is 7.07. The molecule has 0 bridgehead atoms. The molecule has 0 aromatic carbocycles. The molecule has 2 fully saturated rings. The van der Waals surface area contributed by atoms with Gasteiger partial charge in [0.1, 0.15) is 0 Å². The number of piperidine rings is 1. The van der Waals surface area contributed by atoms with Gasteiger partial charge in [0.05, 0.1) is 11.9 Å². The van der Waals surface area contributed by atoms with E-state index in [0.717, 1.165) is 0 Å². The van der Waals surface area contributed by atoms with E-state index in [2.05, 4.69) is 9.88 Å². The molecular formula is C15H21ClN2. The summed E-state index contributed by atoms with van der Waals surface area (Å²) in [4.78, 5) is 6.74. The smallest absolute Gasteiger partial charge is 0.0597 e. The Hall–Kier alpha value is -0.760. The van der Waals surface area contributed by atoms with Crippen LogP contribution in [-0.2, 0) is 5.88 Å². The van der Waals surface area contributed by atoms with Crippen LogP contribution >= 0.6 is 11.6 Å². The predicted molar refractivity (Wildman–Crippen MR) is 76.1 cm³/mol. The Morgan fingerprint density at radius 1 is 1.17 bits per heavy atom. The van der Waals surface area contributed by atoms with Gasteiger partial charge in [0, 0.05) is 25.2 Å². The van der Waals surface area contributed by atoms with Gasteiger partial charge in [0.25, 0.3) is 0 Å². The third-order valence-electron chi connectivity index (χ3n) is 4.86. The van der Waals surface area contributed by atoms with Crippen LogP contribution in [0.25, 0.3) is 0 Å². The summed E-state index contributed by atoms with van der Waals surface area (Å²) < 4.78 is 0. The summed E-state index contributed by atoms with van der Waals surface area (Å²) >= 11 is 6.02. The topological polar surface area (TPSA) is 16.1 Å². The number of aromatic nitrogens is 1. The lowest BCUT2D eigenvalue weighted by atomic mass is 9.77. The van der Waals surface area contributed by atoms with Crippen molar-refractivity contribution in [2.24, 2.45) is 5.41 Å². The van der Waals surface area contributed by atoms with Crippen molar-refractivity contribution < 1.29 is 0 Å². The SMILES string of the molecule is ClCc1ccncc1N1CCC2(CCCC2)CC1. The lowest BCUT2D eigenvalue weighted by molar-refractivity contribution is 0.226. The first kappa shape index (κ1) is 12.3. The number of hydrogen-bond donors (Lipinski definition) is 0. The van der Waals surface area contributed by atoms with E-state index in [-0.39, 0.29) is 0 Å². The van der Waals surface area contributed by atoms with Crippen molar-refractivity contribution in [1.82, 2.24) is 4.98 Å². The van der Waals surface area contributed by atoms with Crippen LogP contribution in [0.5, 0.6) is 0 Å². The second-order valence-electron chi connectivity index (χ2n) is 5.83. The Bertz CT molecular complexity index is 403. The number of rotatable bonds is 2. The van der Waals surface area contributed by atoms with E-state index in [1.807, 2.05) is 18.5 Å². The minimum Gasteiger partial charge on any atom is -0.370 e. The first-order valence-corrected chi connectivity index (χ1v) is 7.60. The maximum atomic E-state index is 6.02. The van der Waals surface area contributed by atoms with Gasteiger partial charge in [-0.1, -0.05) is 12.8 Å². The molecule has 2 heterocycles. The maximum absolute atomic E-state index is 6.02. The second kappa shape index (κ2) is 5.08. The Kier molecular flexibility index (Phi) is 3.47. The van der Waals surface area contributed by atoms with Crippen molar-refractivity contribution in [3.63, 3.8) is 0 Å². The normalized spacial score (nSPS) is 22.6. The van der Waals surface area contributed by atoms with E-state index in [1.165, 1.54) is 62.9 Å². The molecule has 1 saturated heterocycles. The van der Waals surface area contributed by atoms with Crippen LogP contribution in [0.1, 0.15) is 44.1 Å². The monoisotopic (exact) mass is 264 g/mol. The molecule has 1 aromatic rings. The third-order valence-corrected chi connectivity index (χ3v) is 5.15. The van der Waals surface area contributed by atoms with Gasteiger partial charge in [-0.15, -0.1) is 11.6 Å². The van der Waals surface area contributed by atoms with Crippen molar-refractivity contribution >= 4 is 17.3 Å². The maximum Gasteiger partial charge on any atom is 0.0597 e. The fraction of sp³-hybridized carbons (Fsp3) is 0.667. The third kappa shape index (κ3) is 2.23. The zero-order valence-corrected chi connectivity index (χ0v) is 11.6.